The lowest BCUT2D eigenvalue weighted by Crippen LogP contribution is -2.25. The average molecular weight is 223 g/mol. The molecule has 3 heteroatoms. The van der Waals surface area contributed by atoms with Gasteiger partial charge in [-0.1, -0.05) is 42.0 Å². The molecular weight excluding hydrogens is 212 g/mol. The molecule has 0 bridgehead atoms. The number of allylic oxidation sites excluding steroid dienone is 2. The van der Waals surface area contributed by atoms with E-state index < -0.39 is 5.79 Å². The maximum Gasteiger partial charge on any atom is 0.186 e. The molecule has 0 atom stereocenters. The summed E-state index contributed by atoms with van der Waals surface area (Å²) in [5.74, 6) is -1.72. The van der Waals surface area contributed by atoms with Crippen molar-refractivity contribution in [1.29, 1.82) is 0 Å². The molecule has 0 spiro atoms. The molecule has 0 unspecified atom stereocenters. The van der Waals surface area contributed by atoms with E-state index in [0.717, 1.165) is 11.1 Å². The number of hydrogen-bond acceptors (Lipinski definition) is 2. The van der Waals surface area contributed by atoms with Gasteiger partial charge in [-0.15, -0.1) is 0 Å². The molecule has 0 radical (unpaired) electrons. The molecule has 0 saturated heterocycles. The minimum atomic E-state index is -1.72. The lowest BCUT2D eigenvalue weighted by atomic mass is 9.97. The minimum Gasteiger partial charge on any atom is -0.362 e. The highest BCUT2D eigenvalue weighted by atomic mass is 35.5. The topological polar surface area (TPSA) is 40.5 Å². The third-order valence-corrected chi connectivity index (χ3v) is 2.67. The highest BCUT2D eigenvalue weighted by molar-refractivity contribution is 6.32. The minimum absolute atomic E-state index is 0.185. The average Bonchev–Trinajstić information content (AvgIpc) is 2.19. The second-order valence-electron chi connectivity index (χ2n) is 3.56. The smallest absolute Gasteiger partial charge is 0.186 e. The summed E-state index contributed by atoms with van der Waals surface area (Å²) >= 11 is 6.03. The van der Waals surface area contributed by atoms with Gasteiger partial charge in [0.05, 0.1) is 0 Å². The van der Waals surface area contributed by atoms with Crippen LogP contribution in [0.1, 0.15) is 12.0 Å². The van der Waals surface area contributed by atoms with E-state index >= 15 is 0 Å². The molecule has 0 amide bonds. The summed E-state index contributed by atoms with van der Waals surface area (Å²) in [6.07, 6.45) is 4.99. The van der Waals surface area contributed by atoms with E-state index in [1.807, 2.05) is 24.3 Å². The van der Waals surface area contributed by atoms with Gasteiger partial charge in [0.1, 0.15) is 0 Å². The van der Waals surface area contributed by atoms with Gasteiger partial charge in [0.25, 0.3) is 0 Å². The lowest BCUT2D eigenvalue weighted by Gasteiger charge is -2.20. The van der Waals surface area contributed by atoms with Gasteiger partial charge in [0, 0.05) is 11.4 Å². The zero-order valence-corrected chi connectivity index (χ0v) is 8.78. The van der Waals surface area contributed by atoms with Gasteiger partial charge in [-0.05, 0) is 23.3 Å². The first-order chi connectivity index (χ1) is 7.08. The number of halogens is 1. The normalized spacial score (nSPS) is 18.7. The van der Waals surface area contributed by atoms with Gasteiger partial charge in [-0.2, -0.15) is 0 Å². The highest BCUT2D eigenvalue weighted by Gasteiger charge is 2.21. The molecule has 1 aromatic carbocycles. The standard InChI is InChI=1S/C12H11ClO2/c13-11-4-2-1-3-10(11)9-5-7-12(14,15)8-6-9/h1-7,14-15H,8H2. The summed E-state index contributed by atoms with van der Waals surface area (Å²) in [6, 6.07) is 7.47. The summed E-state index contributed by atoms with van der Waals surface area (Å²) in [4.78, 5) is 0. The molecule has 1 aliphatic carbocycles. The Morgan fingerprint density at radius 3 is 2.53 bits per heavy atom. The monoisotopic (exact) mass is 222 g/mol. The van der Waals surface area contributed by atoms with Gasteiger partial charge < -0.3 is 10.2 Å². The van der Waals surface area contributed by atoms with E-state index in [4.69, 9.17) is 11.6 Å². The van der Waals surface area contributed by atoms with Crippen molar-refractivity contribution in [2.45, 2.75) is 12.2 Å². The van der Waals surface area contributed by atoms with Crippen LogP contribution < -0.4 is 0 Å². The predicted molar refractivity (Wildman–Crippen MR) is 60.4 cm³/mol. The Morgan fingerprint density at radius 2 is 1.93 bits per heavy atom. The molecule has 0 heterocycles. The molecular formula is C12H11ClO2. The third kappa shape index (κ3) is 2.29. The van der Waals surface area contributed by atoms with Gasteiger partial charge in [0.2, 0.25) is 0 Å². The SMILES string of the molecule is OC1(O)C=CC(c2ccccc2Cl)=CC1. The maximum absolute atomic E-state index is 9.30. The van der Waals surface area contributed by atoms with Crippen molar-refractivity contribution < 1.29 is 10.2 Å². The molecule has 78 valence electrons. The van der Waals surface area contributed by atoms with Crippen LogP contribution in [0.25, 0.3) is 5.57 Å². The fraction of sp³-hybridized carbons (Fsp3) is 0.167. The fourth-order valence-electron chi connectivity index (χ4n) is 1.51. The third-order valence-electron chi connectivity index (χ3n) is 2.34. The number of rotatable bonds is 1. The van der Waals surface area contributed by atoms with Crippen LogP contribution in [0, 0.1) is 0 Å². The van der Waals surface area contributed by atoms with Crippen molar-refractivity contribution in [3.8, 4) is 0 Å². The van der Waals surface area contributed by atoms with Gasteiger partial charge in [-0.3, -0.25) is 0 Å². The summed E-state index contributed by atoms with van der Waals surface area (Å²) < 4.78 is 0. The predicted octanol–water partition coefficient (Wildman–Crippen LogP) is 2.36. The molecule has 2 nitrogen and oxygen atoms in total. The molecule has 0 saturated carbocycles. The largest absolute Gasteiger partial charge is 0.362 e. The van der Waals surface area contributed by atoms with E-state index in [1.54, 1.807) is 12.2 Å². The van der Waals surface area contributed by atoms with Crippen LogP contribution in [0.5, 0.6) is 0 Å². The van der Waals surface area contributed by atoms with E-state index in [1.165, 1.54) is 6.08 Å². The number of aliphatic hydroxyl groups is 2. The van der Waals surface area contributed by atoms with Crippen LogP contribution in [0.4, 0.5) is 0 Å². The Bertz CT molecular complexity index is 433. The van der Waals surface area contributed by atoms with Crippen LogP contribution in [-0.4, -0.2) is 16.0 Å². The summed E-state index contributed by atoms with van der Waals surface area (Å²) in [5, 5.41) is 19.3. The zero-order chi connectivity index (χ0) is 10.9. The second kappa shape index (κ2) is 3.81. The molecule has 0 aromatic heterocycles. The fourth-order valence-corrected chi connectivity index (χ4v) is 1.76. The van der Waals surface area contributed by atoms with Crippen LogP contribution in [0.15, 0.2) is 42.5 Å². The Kier molecular flexibility index (Phi) is 2.65. The van der Waals surface area contributed by atoms with Crippen molar-refractivity contribution in [3.05, 3.63) is 53.1 Å². The van der Waals surface area contributed by atoms with Crippen molar-refractivity contribution in [2.75, 3.05) is 0 Å². The number of hydrogen-bond donors (Lipinski definition) is 2. The Balaban J connectivity index is 2.32. The first-order valence-corrected chi connectivity index (χ1v) is 5.05. The summed E-state index contributed by atoms with van der Waals surface area (Å²) in [7, 11) is 0. The molecule has 2 rings (SSSR count). The van der Waals surface area contributed by atoms with Gasteiger partial charge in [0.15, 0.2) is 5.79 Å². The zero-order valence-electron chi connectivity index (χ0n) is 8.02. The molecule has 2 N–H and O–H groups in total. The van der Waals surface area contributed by atoms with Crippen LogP contribution >= 0.6 is 11.6 Å². The van der Waals surface area contributed by atoms with E-state index in [0.29, 0.717) is 5.02 Å². The Labute approximate surface area is 93.1 Å². The van der Waals surface area contributed by atoms with Gasteiger partial charge >= 0.3 is 0 Å². The first kappa shape index (κ1) is 10.4. The van der Waals surface area contributed by atoms with Crippen molar-refractivity contribution in [1.82, 2.24) is 0 Å². The van der Waals surface area contributed by atoms with E-state index in [9.17, 15) is 10.2 Å². The van der Waals surface area contributed by atoms with Crippen molar-refractivity contribution in [2.24, 2.45) is 0 Å². The van der Waals surface area contributed by atoms with Crippen LogP contribution in [0.3, 0.4) is 0 Å². The molecule has 1 aliphatic rings. The van der Waals surface area contributed by atoms with Crippen molar-refractivity contribution in [3.63, 3.8) is 0 Å². The number of benzene rings is 1. The van der Waals surface area contributed by atoms with Gasteiger partial charge in [-0.25, -0.2) is 0 Å². The van der Waals surface area contributed by atoms with E-state index in [-0.39, 0.29) is 6.42 Å². The molecule has 0 aliphatic heterocycles. The van der Waals surface area contributed by atoms with Crippen LogP contribution in [0.2, 0.25) is 5.02 Å². The first-order valence-electron chi connectivity index (χ1n) is 4.67. The molecule has 0 fully saturated rings. The maximum atomic E-state index is 9.30. The van der Waals surface area contributed by atoms with E-state index in [2.05, 4.69) is 0 Å². The molecule has 15 heavy (non-hydrogen) atoms. The van der Waals surface area contributed by atoms with Crippen molar-refractivity contribution >= 4 is 17.2 Å². The highest BCUT2D eigenvalue weighted by Crippen LogP contribution is 2.29. The lowest BCUT2D eigenvalue weighted by molar-refractivity contribution is -0.114. The second-order valence-corrected chi connectivity index (χ2v) is 3.96. The Hall–Kier alpha value is -1.09. The molecule has 1 aromatic rings. The Morgan fingerprint density at radius 1 is 1.20 bits per heavy atom. The quantitative estimate of drug-likeness (QED) is 0.717. The summed E-state index contributed by atoms with van der Waals surface area (Å²) in [5.41, 5.74) is 1.82. The van der Waals surface area contributed by atoms with Crippen LogP contribution in [-0.2, 0) is 0 Å². The summed E-state index contributed by atoms with van der Waals surface area (Å²) in [6.45, 7) is 0.